The van der Waals surface area contributed by atoms with E-state index in [9.17, 15) is 13.6 Å². The largest absolute Gasteiger partial charge is 0.444 e. The lowest BCUT2D eigenvalue weighted by molar-refractivity contribution is 0.0522. The highest BCUT2D eigenvalue weighted by Crippen LogP contribution is 2.31. The molecule has 33 heavy (non-hydrogen) atoms. The fraction of sp³-hybridized carbons (Fsp3) is 0.348. The lowest BCUT2D eigenvalue weighted by Gasteiger charge is -2.20. The van der Waals surface area contributed by atoms with Crippen molar-refractivity contribution in [3.05, 3.63) is 59.7 Å². The minimum Gasteiger partial charge on any atom is -0.444 e. The number of carbonyl (C=O) groups excluding carboxylic acids is 1. The third kappa shape index (κ3) is 5.11. The van der Waals surface area contributed by atoms with Gasteiger partial charge in [-0.25, -0.2) is 28.5 Å². The van der Waals surface area contributed by atoms with Gasteiger partial charge in [-0.1, -0.05) is 12.1 Å². The van der Waals surface area contributed by atoms with E-state index in [0.717, 1.165) is 11.1 Å². The smallest absolute Gasteiger partial charge is 0.407 e. The van der Waals surface area contributed by atoms with Crippen LogP contribution in [0, 0.1) is 0 Å². The molecule has 8 nitrogen and oxygen atoms in total. The van der Waals surface area contributed by atoms with Crippen LogP contribution in [0.4, 0.5) is 13.6 Å². The maximum absolute atomic E-state index is 13.9. The number of aromatic nitrogens is 3. The zero-order chi connectivity index (χ0) is 23.8. The molecule has 0 spiro atoms. The van der Waals surface area contributed by atoms with Crippen LogP contribution in [0.1, 0.15) is 43.9 Å². The third-order valence-electron chi connectivity index (χ3n) is 5.12. The summed E-state index contributed by atoms with van der Waals surface area (Å²) in [5.41, 5.74) is 6.52. The predicted molar refractivity (Wildman–Crippen MR) is 120 cm³/mol. The number of amides is 1. The quantitative estimate of drug-likeness (QED) is 0.600. The van der Waals surface area contributed by atoms with Crippen LogP contribution in [-0.4, -0.2) is 44.9 Å². The van der Waals surface area contributed by atoms with Crippen LogP contribution in [-0.2, 0) is 11.3 Å². The normalized spacial score (nSPS) is 14.2. The van der Waals surface area contributed by atoms with E-state index in [1.54, 1.807) is 37.4 Å². The number of nitrogens with one attached hydrogen (secondary N) is 2. The topological polar surface area (TPSA) is 83.8 Å². The summed E-state index contributed by atoms with van der Waals surface area (Å²) in [6, 6.07) is 6.66. The zero-order valence-electron chi connectivity index (χ0n) is 18.9. The van der Waals surface area contributed by atoms with Crippen LogP contribution < -0.4 is 10.7 Å². The van der Waals surface area contributed by atoms with Crippen LogP contribution >= 0.6 is 0 Å². The highest BCUT2D eigenvalue weighted by Gasteiger charge is 2.20. The number of carbonyl (C=O) groups is 1. The molecule has 0 bridgehead atoms. The van der Waals surface area contributed by atoms with Crippen molar-refractivity contribution in [2.45, 2.75) is 39.3 Å². The molecule has 1 aliphatic heterocycles. The number of nitrogens with zero attached hydrogens (tertiary/aromatic N) is 4. The van der Waals surface area contributed by atoms with E-state index in [2.05, 4.69) is 20.8 Å². The molecule has 1 aliphatic rings. The number of rotatable bonds is 5. The standard InChI is InChI=1S/C23H26F2N6O2/c1-23(2,3)33-22(32)26-9-15-6-5-14(7-18(15)21(24)25)20-19-8-16(12-31(19)29-13-27-20)17-10-28-30(4)11-17/h5-8,11-13,21,28H,9-10H2,1-4H3,(H,26,32). The van der Waals surface area contributed by atoms with Gasteiger partial charge in [-0.05, 0) is 44.0 Å². The summed E-state index contributed by atoms with van der Waals surface area (Å²) in [6.45, 7) is 5.82. The van der Waals surface area contributed by atoms with E-state index in [-0.39, 0.29) is 12.1 Å². The molecular weight excluding hydrogens is 430 g/mol. The second kappa shape index (κ2) is 8.78. The first-order valence-electron chi connectivity index (χ1n) is 10.5. The molecule has 3 heterocycles. The molecule has 10 heteroatoms. The van der Waals surface area contributed by atoms with Crippen molar-refractivity contribution >= 4 is 17.2 Å². The summed E-state index contributed by atoms with van der Waals surface area (Å²) < 4.78 is 34.6. The first-order chi connectivity index (χ1) is 15.6. The third-order valence-corrected chi connectivity index (χ3v) is 5.12. The van der Waals surface area contributed by atoms with Gasteiger partial charge in [0.2, 0.25) is 0 Å². The molecule has 0 saturated heterocycles. The van der Waals surface area contributed by atoms with Crippen molar-refractivity contribution in [2.24, 2.45) is 0 Å². The van der Waals surface area contributed by atoms with Gasteiger partial charge in [-0.3, -0.25) is 0 Å². The fourth-order valence-corrected chi connectivity index (χ4v) is 3.63. The Morgan fingerprint density at radius 3 is 2.73 bits per heavy atom. The predicted octanol–water partition coefficient (Wildman–Crippen LogP) is 4.15. The van der Waals surface area contributed by atoms with Crippen LogP contribution in [0.2, 0.25) is 0 Å². The van der Waals surface area contributed by atoms with E-state index >= 15 is 0 Å². The van der Waals surface area contributed by atoms with Crippen molar-refractivity contribution in [3.63, 3.8) is 0 Å². The van der Waals surface area contributed by atoms with Crippen LogP contribution in [0.25, 0.3) is 22.3 Å². The molecule has 0 unspecified atom stereocenters. The number of hydrogen-bond donors (Lipinski definition) is 2. The molecule has 0 aliphatic carbocycles. The van der Waals surface area contributed by atoms with E-state index < -0.39 is 18.1 Å². The van der Waals surface area contributed by atoms with Gasteiger partial charge in [0, 0.05) is 49.2 Å². The van der Waals surface area contributed by atoms with Gasteiger partial charge in [0.05, 0.1) is 11.2 Å². The Morgan fingerprint density at radius 1 is 1.27 bits per heavy atom. The minimum atomic E-state index is -2.72. The maximum atomic E-state index is 13.9. The number of benzene rings is 1. The molecular formula is C23H26F2N6O2. The summed E-state index contributed by atoms with van der Waals surface area (Å²) in [5.74, 6) is 0. The Hall–Kier alpha value is -3.53. The minimum absolute atomic E-state index is 0.0714. The summed E-state index contributed by atoms with van der Waals surface area (Å²) >= 11 is 0. The number of fused-ring (bicyclic) bond motifs is 1. The Bertz CT molecular complexity index is 1220. The lowest BCUT2D eigenvalue weighted by Crippen LogP contribution is -2.32. The molecule has 2 aromatic heterocycles. The molecule has 2 N–H and O–H groups in total. The molecule has 0 radical (unpaired) electrons. The number of hydrazine groups is 1. The summed E-state index contributed by atoms with van der Waals surface area (Å²) in [4.78, 5) is 16.3. The van der Waals surface area contributed by atoms with Gasteiger partial charge in [-0.15, -0.1) is 0 Å². The number of halogens is 2. The molecule has 4 rings (SSSR count). The number of hydrogen-bond acceptors (Lipinski definition) is 6. The van der Waals surface area contributed by atoms with Crippen molar-refractivity contribution in [1.29, 1.82) is 0 Å². The Morgan fingerprint density at radius 2 is 2.06 bits per heavy atom. The molecule has 1 aromatic carbocycles. The SMILES string of the molecule is CN1C=C(c2cc3c(-c4ccc(CNC(=O)OC(C)(C)C)c(C(F)F)c4)ncnn3c2)CN1. The van der Waals surface area contributed by atoms with E-state index in [1.165, 1.54) is 12.4 Å². The Labute approximate surface area is 190 Å². The second-order valence-electron chi connectivity index (χ2n) is 8.84. The van der Waals surface area contributed by atoms with Crippen molar-refractivity contribution in [1.82, 2.24) is 30.3 Å². The molecule has 0 atom stereocenters. The van der Waals surface area contributed by atoms with Crippen LogP contribution in [0.3, 0.4) is 0 Å². The average Bonchev–Trinajstić information content (AvgIpc) is 3.36. The number of ether oxygens (including phenoxy) is 1. The summed E-state index contributed by atoms with van der Waals surface area (Å²) in [6.07, 6.45) is 1.90. The average molecular weight is 456 g/mol. The molecule has 174 valence electrons. The maximum Gasteiger partial charge on any atom is 0.407 e. The van der Waals surface area contributed by atoms with Crippen molar-refractivity contribution < 1.29 is 18.3 Å². The van der Waals surface area contributed by atoms with E-state index in [0.29, 0.717) is 28.9 Å². The molecule has 0 saturated carbocycles. The number of alkyl halides is 2. The number of alkyl carbamates (subject to hydrolysis) is 1. The van der Waals surface area contributed by atoms with Crippen molar-refractivity contribution in [3.8, 4) is 11.3 Å². The van der Waals surface area contributed by atoms with Gasteiger partial charge in [0.15, 0.2) is 0 Å². The molecule has 0 fully saturated rings. The lowest BCUT2D eigenvalue weighted by atomic mass is 10.0. The van der Waals surface area contributed by atoms with E-state index in [1.807, 2.05) is 30.5 Å². The monoisotopic (exact) mass is 456 g/mol. The van der Waals surface area contributed by atoms with Gasteiger partial charge in [0.1, 0.15) is 11.9 Å². The van der Waals surface area contributed by atoms with E-state index in [4.69, 9.17) is 4.74 Å². The van der Waals surface area contributed by atoms with Crippen LogP contribution in [0.5, 0.6) is 0 Å². The molecule has 3 aromatic rings. The Balaban J connectivity index is 1.64. The fourth-order valence-electron chi connectivity index (χ4n) is 3.63. The summed E-state index contributed by atoms with van der Waals surface area (Å²) in [7, 11) is 1.92. The highest BCUT2D eigenvalue weighted by atomic mass is 19.3. The first kappa shape index (κ1) is 22.7. The Kier molecular flexibility index (Phi) is 6.03. The highest BCUT2D eigenvalue weighted by molar-refractivity contribution is 5.81. The zero-order valence-corrected chi connectivity index (χ0v) is 18.9. The van der Waals surface area contributed by atoms with Gasteiger partial charge in [0.25, 0.3) is 6.43 Å². The van der Waals surface area contributed by atoms with Crippen LogP contribution in [0.15, 0.2) is 43.0 Å². The van der Waals surface area contributed by atoms with Gasteiger partial charge < -0.3 is 15.1 Å². The van der Waals surface area contributed by atoms with Gasteiger partial charge >= 0.3 is 6.09 Å². The second-order valence-corrected chi connectivity index (χ2v) is 8.84. The first-order valence-corrected chi connectivity index (χ1v) is 10.5. The summed E-state index contributed by atoms with van der Waals surface area (Å²) in [5, 5.41) is 8.68. The molecule has 1 amide bonds. The van der Waals surface area contributed by atoms with Crippen molar-refractivity contribution in [2.75, 3.05) is 13.6 Å². The van der Waals surface area contributed by atoms with Gasteiger partial charge in [-0.2, -0.15) is 5.10 Å².